The Hall–Kier alpha value is -4.07. The third kappa shape index (κ3) is 6.13. The molecule has 0 saturated heterocycles. The molecule has 0 spiro atoms. The van der Waals surface area contributed by atoms with Crippen molar-refractivity contribution in [3.05, 3.63) is 117 Å². The first kappa shape index (κ1) is 25.0. The molecular weight excluding hydrogens is 466 g/mol. The van der Waals surface area contributed by atoms with Crippen LogP contribution in [0.3, 0.4) is 0 Å². The van der Waals surface area contributed by atoms with Crippen LogP contribution in [-0.2, 0) is 17.8 Å². The Balaban J connectivity index is 1.67. The van der Waals surface area contributed by atoms with Gasteiger partial charge in [0.25, 0.3) is 11.5 Å². The van der Waals surface area contributed by atoms with E-state index in [1.807, 2.05) is 0 Å². The van der Waals surface area contributed by atoms with Crippen molar-refractivity contribution >= 4 is 11.7 Å². The molecule has 8 heteroatoms. The van der Waals surface area contributed by atoms with Crippen LogP contribution in [0, 0.1) is 11.6 Å². The van der Waals surface area contributed by atoms with E-state index in [0.29, 0.717) is 5.56 Å². The number of hydrogen-bond donors (Lipinski definition) is 2. The van der Waals surface area contributed by atoms with E-state index < -0.39 is 34.6 Å². The van der Waals surface area contributed by atoms with Gasteiger partial charge < -0.3 is 15.0 Å². The number of allylic oxidation sites excluding steroid dienone is 1. The van der Waals surface area contributed by atoms with Crippen LogP contribution in [0.4, 0.5) is 8.78 Å². The number of aliphatic hydroxyl groups excluding tert-OH is 1. The second-order valence-electron chi connectivity index (χ2n) is 8.94. The molecule has 0 bridgehead atoms. The Morgan fingerprint density at radius 3 is 2.42 bits per heavy atom. The lowest BCUT2D eigenvalue weighted by Gasteiger charge is -2.13. The Bertz CT molecular complexity index is 1360. The highest BCUT2D eigenvalue weighted by molar-refractivity contribution is 6.08. The lowest BCUT2D eigenvalue weighted by molar-refractivity contribution is -0.120. The number of amides is 1. The van der Waals surface area contributed by atoms with Crippen LogP contribution in [0.25, 0.3) is 0 Å². The molecule has 186 valence electrons. The molecule has 0 aliphatic heterocycles. The third-order valence-electron chi connectivity index (χ3n) is 6.22. The number of ketones is 1. The minimum absolute atomic E-state index is 0.0554. The number of aliphatic hydroxyl groups is 1. The van der Waals surface area contributed by atoms with Crippen LogP contribution in [-0.4, -0.2) is 27.4 Å². The summed E-state index contributed by atoms with van der Waals surface area (Å²) in [6, 6.07) is 13.1. The normalized spacial score (nSPS) is 14.1. The van der Waals surface area contributed by atoms with Crippen molar-refractivity contribution < 1.29 is 23.5 Å². The van der Waals surface area contributed by atoms with Gasteiger partial charge in [0.15, 0.2) is 11.5 Å². The summed E-state index contributed by atoms with van der Waals surface area (Å²) in [6.07, 6.45) is 6.10. The molecule has 1 fully saturated rings. The van der Waals surface area contributed by atoms with Crippen LogP contribution >= 0.6 is 0 Å². The summed E-state index contributed by atoms with van der Waals surface area (Å²) in [7, 11) is 0. The Kier molecular flexibility index (Phi) is 7.73. The summed E-state index contributed by atoms with van der Waals surface area (Å²) in [5.74, 6) is -3.29. The third-order valence-corrected chi connectivity index (χ3v) is 6.22. The summed E-state index contributed by atoms with van der Waals surface area (Å²) >= 11 is 0. The molecule has 3 aromatic rings. The average Bonchev–Trinajstić information content (AvgIpc) is 3.36. The van der Waals surface area contributed by atoms with E-state index in [1.54, 1.807) is 18.2 Å². The Morgan fingerprint density at radius 2 is 1.72 bits per heavy atom. The van der Waals surface area contributed by atoms with Gasteiger partial charge in [0.1, 0.15) is 11.6 Å². The maximum atomic E-state index is 14.3. The molecular formula is C28H26F2N2O4. The molecule has 2 N–H and O–H groups in total. The molecule has 4 rings (SSSR count). The van der Waals surface area contributed by atoms with E-state index >= 15 is 0 Å². The van der Waals surface area contributed by atoms with Crippen molar-refractivity contribution in [2.24, 2.45) is 0 Å². The fourth-order valence-electron chi connectivity index (χ4n) is 4.33. The molecule has 1 aliphatic carbocycles. The van der Waals surface area contributed by atoms with E-state index in [2.05, 4.69) is 5.32 Å². The molecule has 0 unspecified atom stereocenters. The van der Waals surface area contributed by atoms with Crippen LogP contribution in [0.15, 0.2) is 77.4 Å². The van der Waals surface area contributed by atoms with Gasteiger partial charge in [-0.05, 0) is 54.7 Å². The molecule has 0 radical (unpaired) electrons. The molecule has 1 aromatic heterocycles. The lowest BCUT2D eigenvalue weighted by Crippen LogP contribution is -2.34. The molecule has 2 aromatic carbocycles. The molecule has 1 saturated carbocycles. The number of aromatic nitrogens is 1. The minimum atomic E-state index is -0.845. The topological polar surface area (TPSA) is 88.4 Å². The van der Waals surface area contributed by atoms with Crippen molar-refractivity contribution in [3.8, 4) is 0 Å². The zero-order valence-corrected chi connectivity index (χ0v) is 19.5. The fraction of sp³-hybridized carbons (Fsp3) is 0.250. The summed E-state index contributed by atoms with van der Waals surface area (Å²) in [4.78, 5) is 38.4. The second kappa shape index (κ2) is 11.1. The van der Waals surface area contributed by atoms with Crippen molar-refractivity contribution in [3.63, 3.8) is 0 Å². The fourth-order valence-corrected chi connectivity index (χ4v) is 4.33. The van der Waals surface area contributed by atoms with Crippen LogP contribution in [0.5, 0.6) is 0 Å². The number of nitrogens with one attached hydrogen (secondary N) is 1. The van der Waals surface area contributed by atoms with Gasteiger partial charge in [-0.1, -0.05) is 43.2 Å². The molecule has 0 atom stereocenters. The number of pyridine rings is 1. The Labute approximate surface area is 206 Å². The number of rotatable bonds is 8. The summed E-state index contributed by atoms with van der Waals surface area (Å²) in [5.41, 5.74) is 0.577. The lowest BCUT2D eigenvalue weighted by atomic mass is 10.0. The smallest absolute Gasteiger partial charge is 0.286 e. The minimum Gasteiger partial charge on any atom is -0.503 e. The van der Waals surface area contributed by atoms with Gasteiger partial charge in [-0.2, -0.15) is 0 Å². The molecule has 1 amide bonds. The number of halogens is 2. The van der Waals surface area contributed by atoms with Crippen molar-refractivity contribution in [1.82, 2.24) is 9.88 Å². The highest BCUT2D eigenvalue weighted by Crippen LogP contribution is 2.18. The Morgan fingerprint density at radius 1 is 1.03 bits per heavy atom. The first-order valence-corrected chi connectivity index (χ1v) is 11.8. The monoisotopic (exact) mass is 492 g/mol. The number of carbonyl (C=O) groups excluding carboxylic acids is 2. The van der Waals surface area contributed by atoms with E-state index in [9.17, 15) is 28.3 Å². The van der Waals surface area contributed by atoms with E-state index in [0.717, 1.165) is 37.3 Å². The van der Waals surface area contributed by atoms with E-state index in [-0.39, 0.29) is 30.1 Å². The van der Waals surface area contributed by atoms with Crippen molar-refractivity contribution in [2.75, 3.05) is 0 Å². The molecule has 1 aliphatic rings. The van der Waals surface area contributed by atoms with E-state index in [1.165, 1.54) is 47.2 Å². The quantitative estimate of drug-likeness (QED) is 0.276. The predicted octanol–water partition coefficient (Wildman–Crippen LogP) is 4.45. The maximum absolute atomic E-state index is 14.3. The average molecular weight is 493 g/mol. The van der Waals surface area contributed by atoms with Gasteiger partial charge in [0, 0.05) is 23.9 Å². The van der Waals surface area contributed by atoms with Gasteiger partial charge in [-0.25, -0.2) is 8.78 Å². The summed E-state index contributed by atoms with van der Waals surface area (Å²) in [5, 5.41) is 12.9. The summed E-state index contributed by atoms with van der Waals surface area (Å²) in [6.45, 7) is -0.124. The largest absolute Gasteiger partial charge is 0.503 e. The standard InChI is InChI=1S/C28H26F2N2O4/c29-21-11-9-18(10-12-21)13-19-14-23(25(33)15-26(34)27(35)31-22-6-2-3-7-22)28(36)32(16-19)17-20-5-1-4-8-24(20)30/h1,4-5,8-12,14-16,22,34H,2-3,6-7,13,17H2,(H,31,35)/b26-15-. The number of hydrogen-bond acceptors (Lipinski definition) is 4. The zero-order chi connectivity index (χ0) is 25.7. The molecule has 1 heterocycles. The molecule has 36 heavy (non-hydrogen) atoms. The first-order valence-electron chi connectivity index (χ1n) is 11.8. The van der Waals surface area contributed by atoms with Crippen molar-refractivity contribution in [2.45, 2.75) is 44.7 Å². The van der Waals surface area contributed by atoms with Crippen LogP contribution in [0.1, 0.15) is 52.7 Å². The van der Waals surface area contributed by atoms with Gasteiger partial charge in [0.05, 0.1) is 12.1 Å². The molecule has 6 nitrogen and oxygen atoms in total. The van der Waals surface area contributed by atoms with Gasteiger partial charge >= 0.3 is 0 Å². The van der Waals surface area contributed by atoms with Crippen molar-refractivity contribution in [1.29, 1.82) is 0 Å². The number of carbonyl (C=O) groups is 2. The zero-order valence-electron chi connectivity index (χ0n) is 19.5. The predicted molar refractivity (Wildman–Crippen MR) is 131 cm³/mol. The maximum Gasteiger partial charge on any atom is 0.286 e. The van der Waals surface area contributed by atoms with Gasteiger partial charge in [-0.15, -0.1) is 0 Å². The van der Waals surface area contributed by atoms with Crippen LogP contribution in [0.2, 0.25) is 0 Å². The van der Waals surface area contributed by atoms with Gasteiger partial charge in [0.2, 0.25) is 0 Å². The van der Waals surface area contributed by atoms with Gasteiger partial charge in [-0.3, -0.25) is 14.4 Å². The number of nitrogens with zero attached hydrogens (tertiary/aromatic N) is 1. The highest BCUT2D eigenvalue weighted by Gasteiger charge is 2.21. The second-order valence-corrected chi connectivity index (χ2v) is 8.94. The van der Waals surface area contributed by atoms with E-state index in [4.69, 9.17) is 0 Å². The SMILES string of the molecule is O=C(NC1CCCC1)/C(O)=C/C(=O)c1cc(Cc2ccc(F)cc2)cn(Cc2ccccc2F)c1=O. The summed E-state index contributed by atoms with van der Waals surface area (Å²) < 4.78 is 28.8. The van der Waals surface area contributed by atoms with Crippen LogP contribution < -0.4 is 10.9 Å². The highest BCUT2D eigenvalue weighted by atomic mass is 19.1. The number of benzene rings is 2. The first-order chi connectivity index (χ1) is 17.3.